The van der Waals surface area contributed by atoms with Gasteiger partial charge < -0.3 is 29.1 Å². The second-order valence-corrected chi connectivity index (χ2v) is 18.1. The summed E-state index contributed by atoms with van der Waals surface area (Å²) in [6, 6.07) is 26.1. The maximum absolute atomic E-state index is 16.1. The SMILES string of the molecule is COc1ccc(C(Nc2ccn([C@@H]3O[C@H](CO)[C@@H](O[Si](C)(C)C(C)(C)C)C3(F)F)c(=O)n2)(c2ccccc2)c2ccc(OC)cc2)cc1. The van der Waals surface area contributed by atoms with E-state index in [1.807, 2.05) is 113 Å². The zero-order valence-electron chi connectivity index (χ0n) is 28.2. The molecule has 2 N–H and O–H groups in total. The quantitative estimate of drug-likeness (QED) is 0.135. The van der Waals surface area contributed by atoms with E-state index < -0.39 is 50.5 Å². The number of nitrogens with zero attached hydrogens (tertiary/aromatic N) is 2. The van der Waals surface area contributed by atoms with Crippen molar-refractivity contribution < 1.29 is 32.5 Å². The fourth-order valence-electron chi connectivity index (χ4n) is 5.69. The van der Waals surface area contributed by atoms with Crippen LogP contribution in [0.15, 0.2) is 95.9 Å². The van der Waals surface area contributed by atoms with Gasteiger partial charge in [-0.3, -0.25) is 4.57 Å². The molecule has 5 rings (SSSR count). The Hall–Kier alpha value is -4.10. The van der Waals surface area contributed by atoms with E-state index in [2.05, 4.69) is 10.3 Å². The lowest BCUT2D eigenvalue weighted by Gasteiger charge is -2.40. The number of aliphatic hydroxyl groups is 1. The Bertz CT molecular complexity index is 1700. The normalized spacial score (nSPS) is 19.6. The van der Waals surface area contributed by atoms with Gasteiger partial charge in [0.1, 0.15) is 35.1 Å². The molecule has 48 heavy (non-hydrogen) atoms. The zero-order chi connectivity index (χ0) is 34.9. The molecule has 0 amide bonds. The average Bonchev–Trinajstić information content (AvgIpc) is 3.31. The summed E-state index contributed by atoms with van der Waals surface area (Å²) < 4.78 is 55.5. The number of alkyl halides is 2. The lowest BCUT2D eigenvalue weighted by atomic mass is 9.77. The number of anilines is 1. The van der Waals surface area contributed by atoms with E-state index in [0.717, 1.165) is 21.3 Å². The van der Waals surface area contributed by atoms with Crippen molar-refractivity contribution in [2.24, 2.45) is 0 Å². The van der Waals surface area contributed by atoms with E-state index >= 15 is 8.78 Å². The third-order valence-corrected chi connectivity index (χ3v) is 13.9. The number of halogens is 2. The third-order valence-electron chi connectivity index (χ3n) is 9.41. The molecule has 4 aromatic rings. The molecule has 2 heterocycles. The van der Waals surface area contributed by atoms with E-state index in [4.69, 9.17) is 18.6 Å². The molecule has 12 heteroatoms. The van der Waals surface area contributed by atoms with Crippen LogP contribution in [-0.4, -0.2) is 61.9 Å². The van der Waals surface area contributed by atoms with Crippen molar-refractivity contribution >= 4 is 14.1 Å². The van der Waals surface area contributed by atoms with Crippen LogP contribution in [0.3, 0.4) is 0 Å². The summed E-state index contributed by atoms with van der Waals surface area (Å²) in [6.07, 6.45) is -3.87. The minimum atomic E-state index is -3.64. The van der Waals surface area contributed by atoms with Crippen molar-refractivity contribution in [3.05, 3.63) is 118 Å². The van der Waals surface area contributed by atoms with Crippen LogP contribution in [0.5, 0.6) is 11.5 Å². The lowest BCUT2D eigenvalue weighted by molar-refractivity contribution is -0.138. The van der Waals surface area contributed by atoms with Gasteiger partial charge in [-0.2, -0.15) is 13.8 Å². The second-order valence-electron chi connectivity index (χ2n) is 13.4. The van der Waals surface area contributed by atoms with Crippen molar-refractivity contribution in [3.8, 4) is 11.5 Å². The van der Waals surface area contributed by atoms with Gasteiger partial charge in [0.25, 0.3) is 0 Å². The molecule has 0 bridgehead atoms. The smallest absolute Gasteiger partial charge is 0.351 e. The molecule has 3 aromatic carbocycles. The molecule has 0 spiro atoms. The molecule has 1 fully saturated rings. The maximum atomic E-state index is 16.1. The summed E-state index contributed by atoms with van der Waals surface area (Å²) >= 11 is 0. The Balaban J connectivity index is 1.59. The molecule has 1 aromatic heterocycles. The lowest BCUT2D eigenvalue weighted by Crippen LogP contribution is -2.52. The predicted molar refractivity (Wildman–Crippen MR) is 182 cm³/mol. The minimum Gasteiger partial charge on any atom is -0.497 e. The van der Waals surface area contributed by atoms with Gasteiger partial charge in [-0.15, -0.1) is 0 Å². The van der Waals surface area contributed by atoms with Gasteiger partial charge in [0.2, 0.25) is 6.23 Å². The standard InChI is InChI=1S/C36H43F2N3O6Si/c1-34(2,3)48(6,7)47-31-29(23-42)46-32(36(31,37)38)41-22-21-30(39-33(41)43)40-35(24-11-9-8-10-12-24,25-13-17-27(44-4)18-14-25)26-15-19-28(45-5)20-16-26/h8-22,29,31-32,42H,23H2,1-7H3,(H,39,40,43)/t29-,31-,32-/m1/s1. The minimum absolute atomic E-state index is 0.140. The van der Waals surface area contributed by atoms with Crippen LogP contribution in [0, 0.1) is 0 Å². The highest BCUT2D eigenvalue weighted by Crippen LogP contribution is 2.48. The maximum Gasteiger partial charge on any atom is 0.351 e. The average molecular weight is 680 g/mol. The van der Waals surface area contributed by atoms with Gasteiger partial charge in [-0.25, -0.2) is 4.79 Å². The van der Waals surface area contributed by atoms with Crippen molar-refractivity contribution in [1.29, 1.82) is 0 Å². The second kappa shape index (κ2) is 13.4. The Morgan fingerprint density at radius 3 is 1.88 bits per heavy atom. The molecule has 256 valence electrons. The number of aromatic nitrogens is 2. The van der Waals surface area contributed by atoms with Gasteiger partial charge >= 0.3 is 11.6 Å². The van der Waals surface area contributed by atoms with Gasteiger partial charge in [0.15, 0.2) is 8.32 Å². The first-order valence-corrected chi connectivity index (χ1v) is 18.6. The number of rotatable bonds is 11. The summed E-state index contributed by atoms with van der Waals surface area (Å²) in [5.41, 5.74) is 0.373. The Kier molecular flexibility index (Phi) is 9.85. The van der Waals surface area contributed by atoms with Crippen LogP contribution >= 0.6 is 0 Å². The van der Waals surface area contributed by atoms with E-state index in [0.29, 0.717) is 11.5 Å². The van der Waals surface area contributed by atoms with Crippen molar-refractivity contribution in [1.82, 2.24) is 9.55 Å². The molecule has 0 saturated carbocycles. The summed E-state index contributed by atoms with van der Waals surface area (Å²) in [5.74, 6) is -2.18. The largest absolute Gasteiger partial charge is 0.497 e. The first-order valence-electron chi connectivity index (χ1n) is 15.7. The first kappa shape index (κ1) is 35.2. The van der Waals surface area contributed by atoms with Crippen molar-refractivity contribution in [2.45, 2.75) is 68.8 Å². The molecule has 9 nitrogen and oxygen atoms in total. The number of hydrogen-bond donors (Lipinski definition) is 2. The highest BCUT2D eigenvalue weighted by atomic mass is 28.4. The Morgan fingerprint density at radius 2 is 1.42 bits per heavy atom. The summed E-state index contributed by atoms with van der Waals surface area (Å²) in [4.78, 5) is 17.8. The van der Waals surface area contributed by atoms with Crippen LogP contribution in [-0.2, 0) is 14.7 Å². The molecule has 0 radical (unpaired) electrons. The van der Waals surface area contributed by atoms with Gasteiger partial charge in [0, 0.05) is 6.20 Å². The Labute approximate surface area is 280 Å². The monoisotopic (exact) mass is 679 g/mol. The van der Waals surface area contributed by atoms with Gasteiger partial charge in [-0.1, -0.05) is 75.4 Å². The molecule has 1 aliphatic rings. The molecule has 1 saturated heterocycles. The Morgan fingerprint density at radius 1 is 0.896 bits per heavy atom. The number of aliphatic hydroxyl groups excluding tert-OH is 1. The number of methoxy groups -OCH3 is 2. The van der Waals surface area contributed by atoms with E-state index in [-0.39, 0.29) is 10.9 Å². The predicted octanol–water partition coefficient (Wildman–Crippen LogP) is 6.58. The summed E-state index contributed by atoms with van der Waals surface area (Å²) in [7, 11) is 0.465. The highest BCUT2D eigenvalue weighted by molar-refractivity contribution is 6.74. The fraction of sp³-hybridized carbons (Fsp3) is 0.389. The molecule has 0 unspecified atom stereocenters. The van der Waals surface area contributed by atoms with E-state index in [1.165, 1.54) is 12.3 Å². The highest BCUT2D eigenvalue weighted by Gasteiger charge is 2.62. The molecule has 3 atom stereocenters. The summed E-state index contributed by atoms with van der Waals surface area (Å²) in [6.45, 7) is 8.81. The molecule has 1 aliphatic heterocycles. The molecular formula is C36H43F2N3O6Si. The van der Waals surface area contributed by atoms with Crippen molar-refractivity contribution in [2.75, 3.05) is 26.1 Å². The fourth-order valence-corrected chi connectivity index (χ4v) is 6.99. The molecular weight excluding hydrogens is 636 g/mol. The van der Waals surface area contributed by atoms with Crippen LogP contribution in [0.1, 0.15) is 43.7 Å². The van der Waals surface area contributed by atoms with Crippen LogP contribution in [0.25, 0.3) is 0 Å². The van der Waals surface area contributed by atoms with E-state index in [1.54, 1.807) is 14.2 Å². The number of ether oxygens (including phenoxy) is 3. The first-order chi connectivity index (χ1) is 22.7. The van der Waals surface area contributed by atoms with Gasteiger partial charge in [-0.05, 0) is 65.2 Å². The third kappa shape index (κ3) is 6.49. The summed E-state index contributed by atoms with van der Waals surface area (Å²) in [5, 5.41) is 13.1. The number of hydrogen-bond acceptors (Lipinski definition) is 8. The number of benzene rings is 3. The van der Waals surface area contributed by atoms with Crippen molar-refractivity contribution in [3.63, 3.8) is 0 Å². The number of nitrogens with one attached hydrogen (secondary N) is 1. The topological polar surface area (TPSA) is 104 Å². The zero-order valence-corrected chi connectivity index (χ0v) is 29.2. The van der Waals surface area contributed by atoms with Crippen LogP contribution in [0.4, 0.5) is 14.6 Å². The van der Waals surface area contributed by atoms with Crippen LogP contribution in [0.2, 0.25) is 18.1 Å². The van der Waals surface area contributed by atoms with Gasteiger partial charge in [0.05, 0.1) is 20.8 Å². The van der Waals surface area contributed by atoms with E-state index in [9.17, 15) is 9.90 Å². The van der Waals surface area contributed by atoms with Crippen LogP contribution < -0.4 is 20.5 Å². The molecule has 0 aliphatic carbocycles.